The number of halogens is 2. The fourth-order valence-corrected chi connectivity index (χ4v) is 4.18. The summed E-state index contributed by atoms with van der Waals surface area (Å²) in [7, 11) is 0. The number of rotatable bonds is 6. The number of fused-ring (bicyclic) bond motifs is 1. The van der Waals surface area contributed by atoms with Gasteiger partial charge in [0.05, 0.1) is 11.8 Å². The zero-order valence-corrected chi connectivity index (χ0v) is 20.5. The van der Waals surface area contributed by atoms with Crippen LogP contribution in [-0.4, -0.2) is 25.1 Å². The second-order valence-electron chi connectivity index (χ2n) is 8.25. The van der Waals surface area contributed by atoms with E-state index in [9.17, 15) is 4.39 Å². The first-order chi connectivity index (χ1) is 18.7. The third kappa shape index (κ3) is 4.72. The molecule has 0 bridgehead atoms. The molecule has 38 heavy (non-hydrogen) atoms. The van der Waals surface area contributed by atoms with E-state index in [1.54, 1.807) is 30.5 Å². The zero-order valence-electron chi connectivity index (χ0n) is 19.7. The Morgan fingerprint density at radius 1 is 0.737 bits per heavy atom. The Kier molecular flexibility index (Phi) is 6.29. The van der Waals surface area contributed by atoms with Crippen molar-refractivity contribution in [1.82, 2.24) is 25.1 Å². The number of ether oxygens (including phenoxy) is 1. The number of hydrogen-bond acceptors (Lipinski definition) is 7. The van der Waals surface area contributed by atoms with Crippen LogP contribution in [0.5, 0.6) is 11.6 Å². The average Bonchev–Trinajstić information content (AvgIpc) is 2.96. The van der Waals surface area contributed by atoms with Crippen molar-refractivity contribution < 1.29 is 9.13 Å². The first kappa shape index (κ1) is 23.4. The molecule has 0 saturated heterocycles. The molecule has 0 atom stereocenters. The zero-order chi connectivity index (χ0) is 25.9. The van der Waals surface area contributed by atoms with Crippen LogP contribution in [0.25, 0.3) is 33.3 Å². The van der Waals surface area contributed by atoms with Crippen LogP contribution in [0.2, 0.25) is 5.28 Å². The topological polar surface area (TPSA) is 85.7 Å². The molecule has 0 radical (unpaired) electrons. The van der Waals surface area contributed by atoms with Gasteiger partial charge in [0.15, 0.2) is 11.6 Å². The summed E-state index contributed by atoms with van der Waals surface area (Å²) in [5.41, 5.74) is 2.98. The molecular formula is C29H18ClFN6O. The van der Waals surface area contributed by atoms with Crippen LogP contribution in [-0.2, 0) is 0 Å². The second-order valence-corrected chi connectivity index (χ2v) is 8.59. The molecule has 0 saturated carbocycles. The van der Waals surface area contributed by atoms with E-state index in [2.05, 4.69) is 30.5 Å². The highest BCUT2D eigenvalue weighted by atomic mass is 35.5. The minimum Gasteiger partial charge on any atom is -0.438 e. The molecule has 6 rings (SSSR count). The van der Waals surface area contributed by atoms with Crippen LogP contribution in [0, 0.1) is 5.82 Å². The van der Waals surface area contributed by atoms with Gasteiger partial charge in [-0.2, -0.15) is 0 Å². The van der Waals surface area contributed by atoms with E-state index in [-0.39, 0.29) is 16.9 Å². The lowest BCUT2D eigenvalue weighted by Crippen LogP contribution is -1.99. The summed E-state index contributed by atoms with van der Waals surface area (Å²) >= 11 is 5.87. The summed E-state index contributed by atoms with van der Waals surface area (Å²) < 4.78 is 20.3. The van der Waals surface area contributed by atoms with Crippen LogP contribution < -0.4 is 10.1 Å². The largest absolute Gasteiger partial charge is 0.438 e. The molecule has 3 aromatic heterocycles. The maximum atomic E-state index is 14.4. The molecule has 0 aliphatic heterocycles. The lowest BCUT2D eigenvalue weighted by Gasteiger charge is -2.12. The molecule has 0 aliphatic rings. The van der Waals surface area contributed by atoms with Gasteiger partial charge < -0.3 is 10.1 Å². The van der Waals surface area contributed by atoms with Gasteiger partial charge in [-0.05, 0) is 48.0 Å². The predicted octanol–water partition coefficient (Wildman–Crippen LogP) is 7.48. The summed E-state index contributed by atoms with van der Waals surface area (Å²) in [5, 5.41) is 14.2. The SMILES string of the molecule is Fc1cnc(Cl)nc1-c1cccnc1Oc1ccc(Nc2nnc(-c3ccccc3)c3ccccc23)cc1. The van der Waals surface area contributed by atoms with Crippen LogP contribution in [0.3, 0.4) is 0 Å². The van der Waals surface area contributed by atoms with E-state index in [0.717, 1.165) is 33.9 Å². The summed E-state index contributed by atoms with van der Waals surface area (Å²) in [6.45, 7) is 0. The van der Waals surface area contributed by atoms with Gasteiger partial charge in [0, 0.05) is 28.2 Å². The summed E-state index contributed by atoms with van der Waals surface area (Å²) in [4.78, 5) is 11.9. The van der Waals surface area contributed by atoms with Crippen molar-refractivity contribution in [3.05, 3.63) is 114 Å². The van der Waals surface area contributed by atoms with Crippen molar-refractivity contribution >= 4 is 33.9 Å². The standard InChI is InChI=1S/C29H18ClFN6O/c30-29-33-17-24(31)26(35-29)23-11-6-16-32-28(23)38-20-14-12-19(13-15-20)34-27-22-10-5-4-9-21(22)25(36-37-27)18-7-2-1-3-8-18/h1-17H,(H,34,37). The molecule has 0 aliphatic carbocycles. The van der Waals surface area contributed by atoms with Gasteiger partial charge in [0.25, 0.3) is 0 Å². The van der Waals surface area contributed by atoms with Crippen LogP contribution in [0.15, 0.2) is 103 Å². The maximum Gasteiger partial charge on any atom is 0.228 e. The van der Waals surface area contributed by atoms with Gasteiger partial charge in [-0.15, -0.1) is 10.2 Å². The Balaban J connectivity index is 1.26. The lowest BCUT2D eigenvalue weighted by atomic mass is 10.0. The maximum absolute atomic E-state index is 14.4. The quantitative estimate of drug-likeness (QED) is 0.228. The van der Waals surface area contributed by atoms with Crippen molar-refractivity contribution in [1.29, 1.82) is 0 Å². The van der Waals surface area contributed by atoms with Crippen molar-refractivity contribution in [2.75, 3.05) is 5.32 Å². The van der Waals surface area contributed by atoms with Crippen molar-refractivity contribution in [2.24, 2.45) is 0 Å². The van der Waals surface area contributed by atoms with E-state index < -0.39 is 5.82 Å². The minimum absolute atomic E-state index is 0.00999. The summed E-state index contributed by atoms with van der Waals surface area (Å²) in [6.07, 6.45) is 2.57. The van der Waals surface area contributed by atoms with Crippen LogP contribution in [0.1, 0.15) is 0 Å². The third-order valence-electron chi connectivity index (χ3n) is 5.81. The van der Waals surface area contributed by atoms with E-state index in [4.69, 9.17) is 16.3 Å². The van der Waals surface area contributed by atoms with E-state index in [0.29, 0.717) is 17.1 Å². The number of benzene rings is 3. The highest BCUT2D eigenvalue weighted by Crippen LogP contribution is 2.34. The molecule has 0 unspecified atom stereocenters. The van der Waals surface area contributed by atoms with Crippen LogP contribution in [0.4, 0.5) is 15.9 Å². The molecule has 0 fully saturated rings. The molecule has 6 aromatic rings. The summed E-state index contributed by atoms with van der Waals surface area (Å²) in [6, 6.07) is 28.5. The van der Waals surface area contributed by atoms with Gasteiger partial charge in [0.2, 0.25) is 11.2 Å². The number of nitrogens with one attached hydrogen (secondary N) is 1. The Hall–Kier alpha value is -4.95. The van der Waals surface area contributed by atoms with Gasteiger partial charge >= 0.3 is 0 Å². The van der Waals surface area contributed by atoms with E-state index in [1.165, 1.54) is 0 Å². The number of hydrogen-bond donors (Lipinski definition) is 1. The smallest absolute Gasteiger partial charge is 0.228 e. The fraction of sp³-hybridized carbons (Fsp3) is 0. The van der Waals surface area contributed by atoms with Crippen molar-refractivity contribution in [2.45, 2.75) is 0 Å². The molecule has 7 nitrogen and oxygen atoms in total. The van der Waals surface area contributed by atoms with Crippen molar-refractivity contribution in [3.8, 4) is 34.1 Å². The molecular weight excluding hydrogens is 503 g/mol. The first-order valence-corrected chi connectivity index (χ1v) is 12.0. The number of pyridine rings is 1. The Morgan fingerprint density at radius 3 is 2.32 bits per heavy atom. The van der Waals surface area contributed by atoms with Gasteiger partial charge in [-0.1, -0.05) is 54.6 Å². The minimum atomic E-state index is -0.626. The predicted molar refractivity (Wildman–Crippen MR) is 145 cm³/mol. The number of aromatic nitrogens is 5. The molecule has 9 heteroatoms. The fourth-order valence-electron chi connectivity index (χ4n) is 4.05. The molecule has 3 aromatic carbocycles. The monoisotopic (exact) mass is 520 g/mol. The van der Waals surface area contributed by atoms with E-state index in [1.807, 2.05) is 66.7 Å². The molecule has 184 valence electrons. The molecule has 3 heterocycles. The summed E-state index contributed by atoms with van der Waals surface area (Å²) in [5.74, 6) is 0.706. The number of anilines is 2. The van der Waals surface area contributed by atoms with Gasteiger partial charge in [-0.25, -0.2) is 19.3 Å². The van der Waals surface area contributed by atoms with Gasteiger partial charge in [0.1, 0.15) is 17.1 Å². The average molecular weight is 521 g/mol. The highest BCUT2D eigenvalue weighted by Gasteiger charge is 2.16. The Morgan fingerprint density at radius 2 is 1.50 bits per heavy atom. The normalized spacial score (nSPS) is 10.9. The lowest BCUT2D eigenvalue weighted by molar-refractivity contribution is 0.464. The highest BCUT2D eigenvalue weighted by molar-refractivity contribution is 6.28. The molecule has 1 N–H and O–H groups in total. The Bertz CT molecular complexity index is 1750. The van der Waals surface area contributed by atoms with Crippen LogP contribution >= 0.6 is 11.6 Å². The number of nitrogens with zero attached hydrogens (tertiary/aromatic N) is 5. The van der Waals surface area contributed by atoms with Gasteiger partial charge in [-0.3, -0.25) is 0 Å². The second kappa shape index (κ2) is 10.2. The molecule has 0 spiro atoms. The van der Waals surface area contributed by atoms with E-state index >= 15 is 0 Å². The van der Waals surface area contributed by atoms with Crippen molar-refractivity contribution in [3.63, 3.8) is 0 Å². The molecule has 0 amide bonds. The first-order valence-electron chi connectivity index (χ1n) is 11.6. The Labute approximate surface area is 222 Å². The third-order valence-corrected chi connectivity index (χ3v) is 5.99.